The largest absolute Gasteiger partial charge is 0.298 e. The van der Waals surface area contributed by atoms with Gasteiger partial charge in [0.1, 0.15) is 0 Å². The lowest BCUT2D eigenvalue weighted by molar-refractivity contribution is 0.112. The number of aryl methyl sites for hydroxylation is 1. The van der Waals surface area contributed by atoms with Crippen LogP contribution in [0.3, 0.4) is 0 Å². The van der Waals surface area contributed by atoms with Crippen LogP contribution < -0.4 is 0 Å². The number of carbonyl (C=O) groups excluding carboxylic acids is 1. The van der Waals surface area contributed by atoms with Gasteiger partial charge in [-0.2, -0.15) is 0 Å². The maximum absolute atomic E-state index is 10.5. The molecule has 12 heavy (non-hydrogen) atoms. The van der Waals surface area contributed by atoms with Crippen LogP contribution >= 0.6 is 0 Å². The number of hydrogen-bond donors (Lipinski definition) is 0. The molecule has 0 unspecified atom stereocenters. The average molecular weight is 158 g/mol. The second-order valence-corrected chi connectivity index (χ2v) is 2.60. The van der Waals surface area contributed by atoms with Crippen LogP contribution in [0.2, 0.25) is 0 Å². The molecule has 0 saturated heterocycles. The van der Waals surface area contributed by atoms with E-state index in [1.54, 1.807) is 12.1 Å². The molecule has 0 N–H and O–H groups in total. The molecular weight excluding hydrogens is 148 g/mol. The summed E-state index contributed by atoms with van der Waals surface area (Å²) in [5.41, 5.74) is 5.33. The van der Waals surface area contributed by atoms with Crippen LogP contribution in [0.15, 0.2) is 30.5 Å². The zero-order valence-electron chi connectivity index (χ0n) is 7.00. The molecule has 0 aliphatic rings. The Morgan fingerprint density at radius 3 is 2.75 bits per heavy atom. The van der Waals surface area contributed by atoms with Crippen molar-refractivity contribution in [2.75, 3.05) is 0 Å². The average Bonchev–Trinajstić information content (AvgIpc) is 2.05. The predicted molar refractivity (Wildman–Crippen MR) is 50.2 cm³/mol. The van der Waals surface area contributed by atoms with Gasteiger partial charge in [0.2, 0.25) is 0 Å². The van der Waals surface area contributed by atoms with E-state index in [4.69, 9.17) is 0 Å². The SMILES string of the molecule is C=C=Cc1cc(C)ccc1C=O. The normalized spacial score (nSPS) is 8.75. The summed E-state index contributed by atoms with van der Waals surface area (Å²) in [6, 6.07) is 5.64. The molecule has 0 fully saturated rings. The fourth-order valence-electron chi connectivity index (χ4n) is 1.04. The second-order valence-electron chi connectivity index (χ2n) is 2.60. The Hall–Kier alpha value is -1.59. The van der Waals surface area contributed by atoms with Crippen molar-refractivity contribution >= 4 is 12.4 Å². The molecule has 0 saturated carbocycles. The Kier molecular flexibility index (Phi) is 2.62. The highest BCUT2D eigenvalue weighted by atomic mass is 16.1. The molecule has 0 bridgehead atoms. The smallest absolute Gasteiger partial charge is 0.150 e. The molecule has 1 heteroatoms. The molecule has 0 spiro atoms. The van der Waals surface area contributed by atoms with Gasteiger partial charge in [-0.3, -0.25) is 4.79 Å². The summed E-state index contributed by atoms with van der Waals surface area (Å²) in [7, 11) is 0. The van der Waals surface area contributed by atoms with Crippen molar-refractivity contribution in [1.82, 2.24) is 0 Å². The fourth-order valence-corrected chi connectivity index (χ4v) is 1.04. The number of rotatable bonds is 2. The summed E-state index contributed by atoms with van der Waals surface area (Å²) in [5.74, 6) is 0. The van der Waals surface area contributed by atoms with Gasteiger partial charge in [0.05, 0.1) is 0 Å². The van der Waals surface area contributed by atoms with E-state index in [-0.39, 0.29) is 0 Å². The molecule has 0 atom stereocenters. The van der Waals surface area contributed by atoms with Gasteiger partial charge in [-0.15, -0.1) is 5.73 Å². The fraction of sp³-hybridized carbons (Fsp3) is 0.0909. The van der Waals surface area contributed by atoms with Gasteiger partial charge in [0, 0.05) is 5.56 Å². The van der Waals surface area contributed by atoms with Gasteiger partial charge in [0.25, 0.3) is 0 Å². The summed E-state index contributed by atoms with van der Waals surface area (Å²) < 4.78 is 0. The van der Waals surface area contributed by atoms with Crippen molar-refractivity contribution in [3.05, 3.63) is 47.2 Å². The molecule has 60 valence electrons. The van der Waals surface area contributed by atoms with Crippen LogP contribution in [0.4, 0.5) is 0 Å². The first-order chi connectivity index (χ1) is 5.77. The minimum absolute atomic E-state index is 0.678. The van der Waals surface area contributed by atoms with E-state index in [0.29, 0.717) is 5.56 Å². The molecule has 0 aromatic heterocycles. The lowest BCUT2D eigenvalue weighted by Crippen LogP contribution is -1.86. The molecule has 0 heterocycles. The van der Waals surface area contributed by atoms with E-state index >= 15 is 0 Å². The lowest BCUT2D eigenvalue weighted by Gasteiger charge is -1.98. The first-order valence-electron chi connectivity index (χ1n) is 3.69. The summed E-state index contributed by atoms with van der Waals surface area (Å²) in [6.45, 7) is 5.45. The maximum Gasteiger partial charge on any atom is 0.150 e. The Bertz CT molecular complexity index is 344. The third-order valence-electron chi connectivity index (χ3n) is 1.63. The summed E-state index contributed by atoms with van der Waals surface area (Å²) in [6.07, 6.45) is 2.54. The molecule has 0 radical (unpaired) electrons. The summed E-state index contributed by atoms with van der Waals surface area (Å²) in [4.78, 5) is 10.5. The second kappa shape index (κ2) is 3.70. The van der Waals surface area contributed by atoms with Gasteiger partial charge >= 0.3 is 0 Å². The number of aldehydes is 1. The van der Waals surface area contributed by atoms with Crippen LogP contribution in [0.25, 0.3) is 6.08 Å². The van der Waals surface area contributed by atoms with Crippen LogP contribution in [-0.2, 0) is 0 Å². The van der Waals surface area contributed by atoms with E-state index in [2.05, 4.69) is 12.3 Å². The maximum atomic E-state index is 10.5. The Labute approximate surface area is 72.0 Å². The number of hydrogen-bond acceptors (Lipinski definition) is 1. The molecule has 1 nitrogen and oxygen atoms in total. The quantitative estimate of drug-likeness (QED) is 0.477. The van der Waals surface area contributed by atoms with E-state index in [1.807, 2.05) is 19.1 Å². The highest BCUT2D eigenvalue weighted by molar-refractivity contribution is 5.81. The molecule has 0 aliphatic carbocycles. The Balaban J connectivity index is 3.29. The van der Waals surface area contributed by atoms with Crippen molar-refractivity contribution in [2.45, 2.75) is 6.92 Å². The predicted octanol–water partition coefficient (Wildman–Crippen LogP) is 2.61. The standard InChI is InChI=1S/C11H10O/c1-3-4-10-7-9(2)5-6-11(10)8-12/h4-8H,1H2,2H3. The molecular formula is C11H10O. The molecule has 1 aromatic carbocycles. The summed E-state index contributed by atoms with van der Waals surface area (Å²) >= 11 is 0. The number of benzene rings is 1. The van der Waals surface area contributed by atoms with Gasteiger partial charge in [-0.05, 0) is 18.6 Å². The number of carbonyl (C=O) groups is 1. The minimum atomic E-state index is 0.678. The van der Waals surface area contributed by atoms with Crippen LogP contribution in [0.1, 0.15) is 21.5 Å². The molecule has 0 amide bonds. The van der Waals surface area contributed by atoms with E-state index in [0.717, 1.165) is 17.4 Å². The molecule has 1 aromatic rings. The minimum Gasteiger partial charge on any atom is -0.298 e. The highest BCUT2D eigenvalue weighted by Crippen LogP contribution is 2.10. The van der Waals surface area contributed by atoms with Gasteiger partial charge in [-0.1, -0.05) is 30.3 Å². The zero-order chi connectivity index (χ0) is 8.97. The van der Waals surface area contributed by atoms with Gasteiger partial charge in [-0.25, -0.2) is 0 Å². The lowest BCUT2D eigenvalue weighted by atomic mass is 10.1. The third-order valence-corrected chi connectivity index (χ3v) is 1.63. The topological polar surface area (TPSA) is 17.1 Å². The van der Waals surface area contributed by atoms with Crippen molar-refractivity contribution in [1.29, 1.82) is 0 Å². The van der Waals surface area contributed by atoms with Crippen molar-refractivity contribution in [3.8, 4) is 0 Å². The third kappa shape index (κ3) is 1.71. The first kappa shape index (κ1) is 8.51. The van der Waals surface area contributed by atoms with E-state index in [9.17, 15) is 4.79 Å². The highest BCUT2D eigenvalue weighted by Gasteiger charge is 1.96. The van der Waals surface area contributed by atoms with Crippen molar-refractivity contribution in [3.63, 3.8) is 0 Å². The van der Waals surface area contributed by atoms with E-state index < -0.39 is 0 Å². The Morgan fingerprint density at radius 2 is 2.17 bits per heavy atom. The van der Waals surface area contributed by atoms with Crippen molar-refractivity contribution < 1.29 is 4.79 Å². The van der Waals surface area contributed by atoms with Crippen LogP contribution in [0.5, 0.6) is 0 Å². The zero-order valence-corrected chi connectivity index (χ0v) is 7.00. The van der Waals surface area contributed by atoms with Gasteiger partial charge in [0.15, 0.2) is 6.29 Å². The summed E-state index contributed by atoms with van der Waals surface area (Å²) in [5, 5.41) is 0. The van der Waals surface area contributed by atoms with E-state index in [1.165, 1.54) is 0 Å². The molecule has 0 aliphatic heterocycles. The van der Waals surface area contributed by atoms with Crippen molar-refractivity contribution in [2.24, 2.45) is 0 Å². The Morgan fingerprint density at radius 1 is 1.42 bits per heavy atom. The van der Waals surface area contributed by atoms with Crippen LogP contribution in [0, 0.1) is 6.92 Å². The first-order valence-corrected chi connectivity index (χ1v) is 3.69. The monoisotopic (exact) mass is 158 g/mol. The van der Waals surface area contributed by atoms with Gasteiger partial charge < -0.3 is 0 Å². The van der Waals surface area contributed by atoms with Crippen LogP contribution in [-0.4, -0.2) is 6.29 Å². The molecule has 1 rings (SSSR count).